The van der Waals surface area contributed by atoms with Crippen LogP contribution in [0.5, 0.6) is 0 Å². The second-order valence-electron chi connectivity index (χ2n) is 30.9. The number of aryl methyl sites for hydroxylation is 7. The molecule has 1 fully saturated rings. The number of pyridine rings is 5. The average molecular weight is 1670 g/mol. The van der Waals surface area contributed by atoms with Gasteiger partial charge in [-0.25, -0.2) is 13.6 Å². The highest BCUT2D eigenvalue weighted by Gasteiger charge is 2.33. The molecule has 8 aromatic rings. The fourth-order valence-electron chi connectivity index (χ4n) is 15.6. The van der Waals surface area contributed by atoms with Gasteiger partial charge in [0.05, 0.1) is 31.9 Å². The van der Waals surface area contributed by atoms with E-state index >= 15 is 0 Å². The van der Waals surface area contributed by atoms with Gasteiger partial charge in [-0.1, -0.05) is 134 Å². The first-order chi connectivity index (χ1) is 58.1. The van der Waals surface area contributed by atoms with Crippen LogP contribution in [0.25, 0.3) is 22.3 Å². The standard InChI is InChI=1S/C29H34N6O3.C18H24N2O3.C17H22F2N2O3.C15H20N2O3.C11H12N2O3/c1-4-7-15-23-20-25(36)26-27(34(16-5-2)29(38)35(17-6-3)28(26)37)33(23)19-12-11-18-32-21-24(30-31-32)22-13-9-8-10-14-22;1-2-3-9-20-13(6-4-5-12-7-8-12)10-15(21)17-14(20)11-16(22)19-18(17)23;1-2-3-8-21-11(6-4-5-7-14(18)19)9-13(22)16-12(21)10-15(23)20-17(16)24;1-3-5-6-10-8-12(18)14-11(17(10)7-4-2)9-13(19)16-15(14)20;1-3-6-4-8(14)10-7(13(6)2)5-9(15)12-11(10)16/h5-6,8-10,13-14,20-21H,2-4,7,11-12,15-19H2,1H3;10,12H,2-9,11H2,1H3,(H,19,22,23);9,14H,2-8,10H2,1H3,(H,20,23,24);8H,3-7,9H2,1-2H3,(H,16,19,20);4H,3,5H2,1-2H3,(H,12,15,16). The summed E-state index contributed by atoms with van der Waals surface area (Å²) in [5.74, 6) is -2.91. The number of allylic oxidation sites excluding steroid dienone is 2. The van der Waals surface area contributed by atoms with Crippen LogP contribution in [-0.2, 0) is 130 Å². The Bertz CT molecular complexity index is 5660. The van der Waals surface area contributed by atoms with Crippen molar-refractivity contribution < 1.29 is 47.1 Å². The number of rotatable bonds is 34. The Morgan fingerprint density at radius 2 is 0.860 bits per heavy atom. The molecule has 4 N–H and O–H groups in total. The lowest BCUT2D eigenvalue weighted by molar-refractivity contribution is -0.120. The van der Waals surface area contributed by atoms with Gasteiger partial charge in [-0.05, 0) is 102 Å². The molecule has 0 unspecified atom stereocenters. The lowest BCUT2D eigenvalue weighted by Gasteiger charge is -2.23. The second-order valence-corrected chi connectivity index (χ2v) is 30.9. The summed E-state index contributed by atoms with van der Waals surface area (Å²) in [7, 11) is 1.77. The van der Waals surface area contributed by atoms with Crippen LogP contribution in [-0.4, -0.2) is 101 Å². The third-order valence-corrected chi connectivity index (χ3v) is 21.9. The molecule has 0 radical (unpaired) electrons. The minimum Gasteiger partial charge on any atom is -0.350 e. The fourth-order valence-corrected chi connectivity index (χ4v) is 15.6. The molecule has 0 saturated heterocycles. The maximum atomic E-state index is 13.3. The van der Waals surface area contributed by atoms with Crippen LogP contribution in [0.15, 0.2) is 126 Å². The normalized spacial score (nSPS) is 13.8. The highest BCUT2D eigenvalue weighted by Crippen LogP contribution is 2.34. The van der Waals surface area contributed by atoms with Crippen LogP contribution < -0.4 is 59.7 Å². The van der Waals surface area contributed by atoms with Crippen molar-refractivity contribution in [1.29, 1.82) is 0 Å². The van der Waals surface area contributed by atoms with Gasteiger partial charge in [0.15, 0.2) is 27.1 Å². The van der Waals surface area contributed by atoms with E-state index in [4.69, 9.17) is 0 Å². The average Bonchev–Trinajstić information content (AvgIpc) is 1.40. The SMILES string of the molecule is C=CCn1c(=O)c2c(=O)cc(CCCC)n(CCCCn3cc(-c4ccccc4)nn3)c2n(CC=C)c1=O.CCCCc1cc(=O)c2c(n1CCC)CC(=O)NC2=O.CCCCn1c(CCCC2CC2)cc(=O)c2c1CC(=O)NC2=O.CCCCn1c(CCCCC(F)F)cc(=O)c2c1CC(=O)NC2=O.CCc1cc(=O)c2c(n1C)CC(=O)NC2=O. The number of carbonyl (C=O) groups is 8. The summed E-state index contributed by atoms with van der Waals surface area (Å²) >= 11 is 0. The zero-order valence-electron chi connectivity index (χ0n) is 70.5. The molecular weight excluding hydrogens is 1560 g/mol. The summed E-state index contributed by atoms with van der Waals surface area (Å²) < 4.78 is 38.5. The van der Waals surface area contributed by atoms with Gasteiger partial charge in [0.1, 0.15) is 39.0 Å². The Kier molecular flexibility index (Phi) is 34.0. The number of carbonyl (C=O) groups excluding carboxylic acids is 8. The number of halogens is 2. The van der Waals surface area contributed by atoms with Crippen LogP contribution in [0.3, 0.4) is 0 Å². The molecule has 1 aromatic carbocycles. The summed E-state index contributed by atoms with van der Waals surface area (Å²) in [6, 6.07) is 17.5. The van der Waals surface area contributed by atoms with E-state index in [1.54, 1.807) is 35.9 Å². The summed E-state index contributed by atoms with van der Waals surface area (Å²) in [6.45, 7) is 23.3. The van der Waals surface area contributed by atoms with E-state index in [0.29, 0.717) is 85.9 Å². The molecule has 5 aliphatic rings. The quantitative estimate of drug-likeness (QED) is 0.0166. The molecular formula is C90H112F2N14O15. The van der Waals surface area contributed by atoms with Crippen LogP contribution in [0.1, 0.15) is 250 Å². The number of hydrogen-bond donors (Lipinski definition) is 4. The first kappa shape index (κ1) is 92.8. The maximum Gasteiger partial charge on any atom is 0.333 e. The molecule has 8 amide bonds. The maximum absolute atomic E-state index is 13.3. The number of unbranched alkanes of at least 4 members (excludes halogenated alkanes) is 6. The number of imide groups is 4. The number of nitrogens with zero attached hydrogens (tertiary/aromatic N) is 10. The molecule has 4 aliphatic heterocycles. The van der Waals surface area contributed by atoms with Gasteiger partial charge in [0.25, 0.3) is 29.2 Å². The van der Waals surface area contributed by atoms with Gasteiger partial charge in [-0.3, -0.25) is 102 Å². The zero-order valence-corrected chi connectivity index (χ0v) is 70.5. The van der Waals surface area contributed by atoms with Crippen LogP contribution >= 0.6 is 0 Å². The smallest absolute Gasteiger partial charge is 0.333 e. The number of benzene rings is 1. The van der Waals surface area contributed by atoms with E-state index in [2.05, 4.69) is 70.1 Å². The van der Waals surface area contributed by atoms with E-state index in [-0.39, 0.29) is 112 Å². The minimum absolute atomic E-state index is 0.00903. The van der Waals surface area contributed by atoms with Gasteiger partial charge >= 0.3 is 5.69 Å². The van der Waals surface area contributed by atoms with Crippen LogP contribution in [0.2, 0.25) is 0 Å². The van der Waals surface area contributed by atoms with Crippen molar-refractivity contribution in [2.45, 2.75) is 267 Å². The van der Waals surface area contributed by atoms with Crippen molar-refractivity contribution in [2.24, 2.45) is 13.0 Å². The van der Waals surface area contributed by atoms with E-state index in [9.17, 15) is 80.7 Å². The fraction of sp³-hybridized carbons (Fsp3) is 0.478. The zero-order chi connectivity index (χ0) is 87.7. The third kappa shape index (κ3) is 23.5. The Balaban J connectivity index is 0.000000178. The van der Waals surface area contributed by atoms with Crippen molar-refractivity contribution in [2.75, 3.05) is 0 Å². The molecule has 29 nitrogen and oxygen atoms in total. The Morgan fingerprint density at radius 1 is 0.446 bits per heavy atom. The molecule has 0 bridgehead atoms. The number of nitrogens with one attached hydrogen (secondary N) is 4. The predicted octanol–water partition coefficient (Wildman–Crippen LogP) is 9.58. The van der Waals surface area contributed by atoms with Gasteiger partial charge in [-0.15, -0.1) is 18.3 Å². The van der Waals surface area contributed by atoms with Crippen LogP contribution in [0.4, 0.5) is 8.78 Å². The van der Waals surface area contributed by atoms with E-state index in [1.807, 2.05) is 75.7 Å². The van der Waals surface area contributed by atoms with Crippen molar-refractivity contribution in [3.63, 3.8) is 0 Å². The van der Waals surface area contributed by atoms with Crippen molar-refractivity contribution in [3.05, 3.63) is 238 Å². The molecule has 7 aromatic heterocycles. The highest BCUT2D eigenvalue weighted by atomic mass is 19.3. The predicted molar refractivity (Wildman–Crippen MR) is 456 cm³/mol. The Hall–Kier alpha value is -12.1. The first-order valence-corrected chi connectivity index (χ1v) is 42.4. The Morgan fingerprint density at radius 3 is 1.31 bits per heavy atom. The molecule has 11 heterocycles. The van der Waals surface area contributed by atoms with Gasteiger partial charge in [-0.2, -0.15) is 0 Å². The molecule has 121 heavy (non-hydrogen) atoms. The van der Waals surface area contributed by atoms with Crippen molar-refractivity contribution in [3.8, 4) is 11.3 Å². The molecule has 1 aliphatic carbocycles. The summed E-state index contributed by atoms with van der Waals surface area (Å²) in [4.78, 5) is 182. The van der Waals surface area contributed by atoms with Crippen LogP contribution in [0, 0.1) is 5.92 Å². The molecule has 1 saturated carbocycles. The topological polar surface area (TPSA) is 369 Å². The monoisotopic (exact) mass is 1670 g/mol. The molecule has 31 heteroatoms. The molecule has 0 atom stereocenters. The molecule has 0 spiro atoms. The summed E-state index contributed by atoms with van der Waals surface area (Å²) in [6.07, 6.45) is 22.3. The van der Waals surface area contributed by atoms with Crippen molar-refractivity contribution >= 4 is 58.3 Å². The number of amides is 8. The van der Waals surface area contributed by atoms with Gasteiger partial charge < -0.3 is 22.8 Å². The number of fused-ring (bicyclic) bond motifs is 5. The summed E-state index contributed by atoms with van der Waals surface area (Å²) in [5.41, 5.74) is 6.40. The number of hydrogen-bond acceptors (Lipinski definition) is 17. The lowest BCUT2D eigenvalue weighted by Crippen LogP contribution is -2.43. The summed E-state index contributed by atoms with van der Waals surface area (Å²) in [5, 5.41) is 17.3. The van der Waals surface area contributed by atoms with Crippen molar-refractivity contribution in [1.82, 2.24) is 68.2 Å². The third-order valence-electron chi connectivity index (χ3n) is 21.9. The molecule has 646 valence electrons. The lowest BCUT2D eigenvalue weighted by atomic mass is 10.0. The van der Waals surface area contributed by atoms with E-state index < -0.39 is 52.6 Å². The Labute approximate surface area is 699 Å². The second kappa shape index (κ2) is 44.3. The van der Waals surface area contributed by atoms with Gasteiger partial charge in [0, 0.05) is 146 Å². The largest absolute Gasteiger partial charge is 0.350 e. The minimum atomic E-state index is -2.32. The van der Waals surface area contributed by atoms with E-state index in [1.165, 1.54) is 42.0 Å². The number of aromatic nitrogens is 10. The number of alkyl halides is 2. The van der Waals surface area contributed by atoms with E-state index in [0.717, 1.165) is 147 Å². The highest BCUT2D eigenvalue weighted by molar-refractivity contribution is 6.11. The first-order valence-electron chi connectivity index (χ1n) is 42.4. The van der Waals surface area contributed by atoms with Gasteiger partial charge in [0.2, 0.25) is 30.1 Å². The molecule has 13 rings (SSSR count).